The Balaban J connectivity index is 2.08. The molecular formula is C21H14ClN3O2. The fourth-order valence-electron chi connectivity index (χ4n) is 3.11. The average molecular weight is 376 g/mol. The Morgan fingerprint density at radius 2 is 2.00 bits per heavy atom. The number of rotatable bonds is 2. The number of hydrogen-bond donors (Lipinski definition) is 1. The van der Waals surface area contributed by atoms with Crippen LogP contribution >= 0.6 is 11.6 Å². The molecule has 0 unspecified atom stereocenters. The first-order valence-corrected chi connectivity index (χ1v) is 8.65. The van der Waals surface area contributed by atoms with Gasteiger partial charge >= 0.3 is 0 Å². The third-order valence-electron chi connectivity index (χ3n) is 4.43. The molecule has 0 bridgehead atoms. The number of benzene rings is 1. The number of aromatic nitrogens is 2. The van der Waals surface area contributed by atoms with Gasteiger partial charge in [0, 0.05) is 17.8 Å². The van der Waals surface area contributed by atoms with Crippen molar-refractivity contribution in [1.82, 2.24) is 9.97 Å². The summed E-state index contributed by atoms with van der Waals surface area (Å²) in [6.45, 7) is 3.68. The second kappa shape index (κ2) is 6.42. The maximum absolute atomic E-state index is 12.3. The Bertz CT molecular complexity index is 1270. The predicted molar refractivity (Wildman–Crippen MR) is 105 cm³/mol. The van der Waals surface area contributed by atoms with E-state index in [0.29, 0.717) is 38.6 Å². The summed E-state index contributed by atoms with van der Waals surface area (Å²) in [6, 6.07) is 12.6. The minimum absolute atomic E-state index is 0.129. The van der Waals surface area contributed by atoms with E-state index >= 15 is 0 Å². The Morgan fingerprint density at radius 3 is 2.67 bits per heavy atom. The number of pyridine rings is 2. The van der Waals surface area contributed by atoms with Crippen molar-refractivity contribution < 1.29 is 4.42 Å². The molecule has 3 heterocycles. The minimum Gasteiger partial charge on any atom is -0.460 e. The molecule has 0 aliphatic heterocycles. The second-order valence-electron chi connectivity index (χ2n) is 6.29. The molecule has 0 saturated heterocycles. The Labute approximate surface area is 159 Å². The van der Waals surface area contributed by atoms with Crippen LogP contribution in [0.4, 0.5) is 0 Å². The standard InChI is InChI=1S/C21H14ClN3O2/c1-11-7-13(8-17(22)16(11)10-23)14-9-15-18(26)5-6-24-21(15)25-20(14)19-4-3-12(2)27-19/h3-9H,1-2H3,(H,24,25,26). The number of nitrogens with zero attached hydrogens (tertiary/aromatic N) is 2. The monoisotopic (exact) mass is 375 g/mol. The number of H-pyrrole nitrogens is 1. The molecule has 0 atom stereocenters. The van der Waals surface area contributed by atoms with Gasteiger partial charge in [-0.15, -0.1) is 0 Å². The molecule has 0 radical (unpaired) electrons. The summed E-state index contributed by atoms with van der Waals surface area (Å²) in [6.07, 6.45) is 1.57. The number of furan rings is 1. The zero-order valence-electron chi connectivity index (χ0n) is 14.6. The van der Waals surface area contributed by atoms with Crippen molar-refractivity contribution in [2.45, 2.75) is 13.8 Å². The average Bonchev–Trinajstić information content (AvgIpc) is 3.07. The normalized spacial score (nSPS) is 10.9. The quantitative estimate of drug-likeness (QED) is 0.535. The van der Waals surface area contributed by atoms with Crippen LogP contribution in [0, 0.1) is 25.2 Å². The molecule has 3 aromatic heterocycles. The first kappa shape index (κ1) is 17.1. The number of aromatic amines is 1. The van der Waals surface area contributed by atoms with Crippen LogP contribution in [0.3, 0.4) is 0 Å². The largest absolute Gasteiger partial charge is 0.460 e. The molecule has 1 aromatic carbocycles. The van der Waals surface area contributed by atoms with Crippen LogP contribution in [0.2, 0.25) is 5.02 Å². The summed E-state index contributed by atoms with van der Waals surface area (Å²) in [4.78, 5) is 19.9. The van der Waals surface area contributed by atoms with Gasteiger partial charge < -0.3 is 9.40 Å². The maximum atomic E-state index is 12.3. The van der Waals surface area contributed by atoms with Gasteiger partial charge in [-0.2, -0.15) is 5.26 Å². The predicted octanol–water partition coefficient (Wildman–Crippen LogP) is 4.99. The summed E-state index contributed by atoms with van der Waals surface area (Å²) in [7, 11) is 0. The molecule has 0 spiro atoms. The van der Waals surface area contributed by atoms with Crippen molar-refractivity contribution in [3.63, 3.8) is 0 Å². The van der Waals surface area contributed by atoms with Crippen LogP contribution in [0.5, 0.6) is 0 Å². The summed E-state index contributed by atoms with van der Waals surface area (Å²) >= 11 is 6.30. The SMILES string of the molecule is Cc1ccc(-c2nc3[nH]ccc(=O)c3cc2-c2cc(C)c(C#N)c(Cl)c2)o1. The van der Waals surface area contributed by atoms with Crippen LogP contribution in [0.1, 0.15) is 16.9 Å². The zero-order chi connectivity index (χ0) is 19.1. The van der Waals surface area contributed by atoms with Gasteiger partial charge in [0.1, 0.15) is 23.2 Å². The highest BCUT2D eigenvalue weighted by Crippen LogP contribution is 2.36. The lowest BCUT2D eigenvalue weighted by Crippen LogP contribution is -2.03. The van der Waals surface area contributed by atoms with Crippen molar-refractivity contribution in [1.29, 1.82) is 5.26 Å². The lowest BCUT2D eigenvalue weighted by Gasteiger charge is -2.11. The topological polar surface area (TPSA) is 82.7 Å². The molecule has 5 nitrogen and oxygen atoms in total. The van der Waals surface area contributed by atoms with Gasteiger partial charge in [0.2, 0.25) is 0 Å². The molecule has 132 valence electrons. The third kappa shape index (κ3) is 2.90. The smallest absolute Gasteiger partial charge is 0.191 e. The van der Waals surface area contributed by atoms with E-state index in [4.69, 9.17) is 16.0 Å². The molecule has 0 aliphatic carbocycles. The van der Waals surface area contributed by atoms with Gasteiger partial charge in [0.05, 0.1) is 16.0 Å². The summed E-state index contributed by atoms with van der Waals surface area (Å²) in [5.41, 5.74) is 3.60. The molecule has 4 rings (SSSR count). The van der Waals surface area contributed by atoms with E-state index in [-0.39, 0.29) is 5.43 Å². The van der Waals surface area contributed by atoms with Gasteiger partial charge in [0.25, 0.3) is 0 Å². The van der Waals surface area contributed by atoms with Crippen molar-refractivity contribution in [3.05, 3.63) is 74.7 Å². The highest BCUT2D eigenvalue weighted by Gasteiger charge is 2.17. The number of nitrogens with one attached hydrogen (secondary N) is 1. The first-order chi connectivity index (χ1) is 13.0. The fourth-order valence-corrected chi connectivity index (χ4v) is 3.42. The second-order valence-corrected chi connectivity index (χ2v) is 6.70. The summed E-state index contributed by atoms with van der Waals surface area (Å²) < 4.78 is 5.78. The molecule has 0 amide bonds. The van der Waals surface area contributed by atoms with Crippen LogP contribution in [0.15, 0.2) is 51.8 Å². The van der Waals surface area contributed by atoms with Crippen LogP contribution in [0.25, 0.3) is 33.6 Å². The molecule has 0 saturated carbocycles. The van der Waals surface area contributed by atoms with Crippen molar-refractivity contribution >= 4 is 22.6 Å². The first-order valence-electron chi connectivity index (χ1n) is 8.28. The number of fused-ring (bicyclic) bond motifs is 1. The molecule has 0 aliphatic rings. The molecule has 6 heteroatoms. The Hall–Kier alpha value is -3.36. The van der Waals surface area contributed by atoms with Gasteiger partial charge in [-0.3, -0.25) is 4.79 Å². The lowest BCUT2D eigenvalue weighted by molar-refractivity contribution is 0.547. The zero-order valence-corrected chi connectivity index (χ0v) is 15.4. The summed E-state index contributed by atoms with van der Waals surface area (Å²) in [5, 5.41) is 10.1. The Kier molecular flexibility index (Phi) is 4.06. The van der Waals surface area contributed by atoms with Gasteiger partial charge in [-0.05, 0) is 55.3 Å². The van der Waals surface area contributed by atoms with Crippen LogP contribution < -0.4 is 5.43 Å². The van der Waals surface area contributed by atoms with E-state index in [0.717, 1.165) is 16.9 Å². The number of halogens is 1. The van der Waals surface area contributed by atoms with Gasteiger partial charge in [-0.25, -0.2) is 4.98 Å². The molecular weight excluding hydrogens is 362 g/mol. The highest BCUT2D eigenvalue weighted by molar-refractivity contribution is 6.32. The third-order valence-corrected chi connectivity index (χ3v) is 4.72. The lowest BCUT2D eigenvalue weighted by atomic mass is 9.97. The van der Waals surface area contributed by atoms with Gasteiger partial charge in [-0.1, -0.05) is 11.6 Å². The van der Waals surface area contributed by atoms with E-state index < -0.39 is 0 Å². The molecule has 1 N–H and O–H groups in total. The number of aryl methyl sites for hydroxylation is 2. The van der Waals surface area contributed by atoms with Crippen molar-refractivity contribution in [2.75, 3.05) is 0 Å². The number of hydrogen-bond acceptors (Lipinski definition) is 4. The Morgan fingerprint density at radius 1 is 1.19 bits per heavy atom. The van der Waals surface area contributed by atoms with Crippen LogP contribution in [-0.2, 0) is 0 Å². The van der Waals surface area contributed by atoms with E-state index in [1.807, 2.05) is 32.0 Å². The van der Waals surface area contributed by atoms with Gasteiger partial charge in [0.15, 0.2) is 11.2 Å². The minimum atomic E-state index is -0.129. The molecule has 4 aromatic rings. The molecule has 0 fully saturated rings. The highest BCUT2D eigenvalue weighted by atomic mass is 35.5. The number of nitriles is 1. The van der Waals surface area contributed by atoms with E-state index in [9.17, 15) is 10.1 Å². The summed E-state index contributed by atoms with van der Waals surface area (Å²) in [5.74, 6) is 1.35. The van der Waals surface area contributed by atoms with Crippen molar-refractivity contribution in [3.8, 4) is 28.7 Å². The van der Waals surface area contributed by atoms with Crippen LogP contribution in [-0.4, -0.2) is 9.97 Å². The molecule has 27 heavy (non-hydrogen) atoms. The van der Waals surface area contributed by atoms with E-state index in [2.05, 4.69) is 16.0 Å². The van der Waals surface area contributed by atoms with E-state index in [1.165, 1.54) is 6.07 Å². The maximum Gasteiger partial charge on any atom is 0.191 e. The fraction of sp³-hybridized carbons (Fsp3) is 0.0952. The van der Waals surface area contributed by atoms with E-state index in [1.54, 1.807) is 18.3 Å². The van der Waals surface area contributed by atoms with Crippen molar-refractivity contribution in [2.24, 2.45) is 0 Å².